The number of nitrogens with zero attached hydrogens (tertiary/aromatic N) is 3. The molecule has 4 nitrogen and oxygen atoms in total. The first-order valence-corrected chi connectivity index (χ1v) is 8.29. The van der Waals surface area contributed by atoms with Crippen molar-refractivity contribution in [3.05, 3.63) is 0 Å². The van der Waals surface area contributed by atoms with Crippen molar-refractivity contribution in [2.75, 3.05) is 39.3 Å². The van der Waals surface area contributed by atoms with Crippen molar-refractivity contribution in [2.45, 2.75) is 57.5 Å². The van der Waals surface area contributed by atoms with Crippen molar-refractivity contribution in [1.82, 2.24) is 15.1 Å². The SMILES string of the molecule is CCNC(C)(C#N)CCCCN1CCN2CCCC2C1. The summed E-state index contributed by atoms with van der Waals surface area (Å²) in [5.74, 6) is 0. The van der Waals surface area contributed by atoms with E-state index in [-0.39, 0.29) is 5.54 Å². The number of hydrogen-bond donors (Lipinski definition) is 1. The molecule has 2 fully saturated rings. The summed E-state index contributed by atoms with van der Waals surface area (Å²) >= 11 is 0. The zero-order valence-electron chi connectivity index (χ0n) is 13.2. The second-order valence-corrected chi connectivity index (χ2v) is 6.56. The van der Waals surface area contributed by atoms with Gasteiger partial charge in [0.1, 0.15) is 5.54 Å². The molecule has 0 aliphatic carbocycles. The molecule has 2 heterocycles. The Bertz CT molecular complexity index is 338. The average molecular weight is 278 g/mol. The van der Waals surface area contributed by atoms with Crippen molar-refractivity contribution in [1.29, 1.82) is 5.26 Å². The molecule has 0 bridgehead atoms. The summed E-state index contributed by atoms with van der Waals surface area (Å²) in [6.07, 6.45) is 6.10. The van der Waals surface area contributed by atoms with Crippen LogP contribution in [0.4, 0.5) is 0 Å². The molecule has 0 aromatic carbocycles. The smallest absolute Gasteiger partial charge is 0.103 e. The van der Waals surface area contributed by atoms with Crippen LogP contribution in [0.1, 0.15) is 46.0 Å². The maximum atomic E-state index is 9.24. The van der Waals surface area contributed by atoms with Crippen LogP contribution in [-0.2, 0) is 0 Å². The maximum absolute atomic E-state index is 9.24. The number of fused-ring (bicyclic) bond motifs is 1. The van der Waals surface area contributed by atoms with Gasteiger partial charge in [0, 0.05) is 25.7 Å². The number of nitrogens with one attached hydrogen (secondary N) is 1. The number of hydrogen-bond acceptors (Lipinski definition) is 4. The lowest BCUT2D eigenvalue weighted by Crippen LogP contribution is -2.50. The molecule has 2 saturated heterocycles. The minimum Gasteiger partial charge on any atom is -0.301 e. The third-order valence-electron chi connectivity index (χ3n) is 4.89. The topological polar surface area (TPSA) is 42.3 Å². The molecule has 4 heteroatoms. The number of rotatable bonds is 7. The Morgan fingerprint density at radius 2 is 2.15 bits per heavy atom. The van der Waals surface area contributed by atoms with Crippen LogP contribution in [0.5, 0.6) is 0 Å². The van der Waals surface area contributed by atoms with Gasteiger partial charge in [0.2, 0.25) is 0 Å². The Balaban J connectivity index is 1.63. The van der Waals surface area contributed by atoms with Gasteiger partial charge in [-0.3, -0.25) is 10.2 Å². The quantitative estimate of drug-likeness (QED) is 0.722. The summed E-state index contributed by atoms with van der Waals surface area (Å²) in [7, 11) is 0. The molecular formula is C16H30N4. The summed E-state index contributed by atoms with van der Waals surface area (Å²) in [5, 5.41) is 12.5. The van der Waals surface area contributed by atoms with Crippen LogP contribution in [-0.4, -0.2) is 60.6 Å². The van der Waals surface area contributed by atoms with Gasteiger partial charge in [-0.25, -0.2) is 0 Å². The molecule has 0 aromatic rings. The van der Waals surface area contributed by atoms with E-state index in [1.165, 1.54) is 52.0 Å². The molecule has 114 valence electrons. The highest BCUT2D eigenvalue weighted by Gasteiger charge is 2.30. The highest BCUT2D eigenvalue weighted by Crippen LogP contribution is 2.22. The second kappa shape index (κ2) is 7.40. The van der Waals surface area contributed by atoms with Crippen molar-refractivity contribution < 1.29 is 0 Å². The zero-order chi connectivity index (χ0) is 14.4. The van der Waals surface area contributed by atoms with E-state index >= 15 is 0 Å². The van der Waals surface area contributed by atoms with E-state index in [4.69, 9.17) is 0 Å². The molecule has 2 rings (SSSR count). The van der Waals surface area contributed by atoms with Gasteiger partial charge < -0.3 is 4.90 Å². The van der Waals surface area contributed by atoms with Crippen molar-refractivity contribution in [2.24, 2.45) is 0 Å². The Morgan fingerprint density at radius 3 is 2.90 bits per heavy atom. The fraction of sp³-hybridized carbons (Fsp3) is 0.938. The Hall–Kier alpha value is -0.630. The lowest BCUT2D eigenvalue weighted by Gasteiger charge is -2.37. The number of nitriles is 1. The van der Waals surface area contributed by atoms with E-state index in [0.29, 0.717) is 0 Å². The van der Waals surface area contributed by atoms with Gasteiger partial charge in [0.15, 0.2) is 0 Å². The lowest BCUT2D eigenvalue weighted by molar-refractivity contribution is 0.103. The molecule has 20 heavy (non-hydrogen) atoms. The fourth-order valence-corrected chi connectivity index (χ4v) is 3.65. The predicted molar refractivity (Wildman–Crippen MR) is 82.6 cm³/mol. The van der Waals surface area contributed by atoms with E-state index in [0.717, 1.165) is 25.4 Å². The molecule has 0 radical (unpaired) electrons. The van der Waals surface area contributed by atoms with Crippen LogP contribution >= 0.6 is 0 Å². The molecular weight excluding hydrogens is 248 g/mol. The van der Waals surface area contributed by atoms with Gasteiger partial charge in [-0.1, -0.05) is 6.92 Å². The van der Waals surface area contributed by atoms with Crippen LogP contribution in [0, 0.1) is 11.3 Å². The van der Waals surface area contributed by atoms with Crippen LogP contribution in [0.3, 0.4) is 0 Å². The van der Waals surface area contributed by atoms with Crippen LogP contribution in [0.15, 0.2) is 0 Å². The minimum atomic E-state index is -0.334. The Morgan fingerprint density at radius 1 is 1.30 bits per heavy atom. The molecule has 2 aliphatic rings. The minimum absolute atomic E-state index is 0.334. The first-order chi connectivity index (χ1) is 9.67. The summed E-state index contributed by atoms with van der Waals surface area (Å²) in [4.78, 5) is 5.29. The molecule has 0 saturated carbocycles. The van der Waals surface area contributed by atoms with Crippen LogP contribution < -0.4 is 5.32 Å². The van der Waals surface area contributed by atoms with E-state index in [1.54, 1.807) is 0 Å². The summed E-state index contributed by atoms with van der Waals surface area (Å²) < 4.78 is 0. The fourth-order valence-electron chi connectivity index (χ4n) is 3.65. The first-order valence-electron chi connectivity index (χ1n) is 8.29. The van der Waals surface area contributed by atoms with Gasteiger partial charge in [0.25, 0.3) is 0 Å². The van der Waals surface area contributed by atoms with Gasteiger partial charge in [-0.05, 0) is 58.7 Å². The highest BCUT2D eigenvalue weighted by atomic mass is 15.3. The van der Waals surface area contributed by atoms with E-state index < -0.39 is 0 Å². The van der Waals surface area contributed by atoms with Gasteiger partial charge in [0.05, 0.1) is 6.07 Å². The monoisotopic (exact) mass is 278 g/mol. The van der Waals surface area contributed by atoms with E-state index in [1.807, 2.05) is 6.92 Å². The van der Waals surface area contributed by atoms with Crippen molar-refractivity contribution in [3.63, 3.8) is 0 Å². The van der Waals surface area contributed by atoms with Crippen molar-refractivity contribution in [3.8, 4) is 6.07 Å². The normalized spacial score (nSPS) is 26.9. The van der Waals surface area contributed by atoms with Gasteiger partial charge in [-0.2, -0.15) is 5.26 Å². The standard InChI is InChI=1S/C16H30N4/c1-3-18-16(2,14-17)8-4-5-9-19-11-12-20-10-6-7-15(20)13-19/h15,18H,3-13H2,1-2H3. The molecule has 1 N–H and O–H groups in total. The molecule has 0 aromatic heterocycles. The van der Waals surface area contributed by atoms with Gasteiger partial charge in [-0.15, -0.1) is 0 Å². The molecule has 2 unspecified atom stereocenters. The first kappa shape index (κ1) is 15.8. The highest BCUT2D eigenvalue weighted by molar-refractivity contribution is 5.03. The van der Waals surface area contributed by atoms with Crippen molar-refractivity contribution >= 4 is 0 Å². The average Bonchev–Trinajstić information content (AvgIpc) is 2.91. The van der Waals surface area contributed by atoms with E-state index in [9.17, 15) is 5.26 Å². The Labute approximate surface area is 124 Å². The van der Waals surface area contributed by atoms with Crippen LogP contribution in [0.25, 0.3) is 0 Å². The molecule has 0 amide bonds. The van der Waals surface area contributed by atoms with Gasteiger partial charge >= 0.3 is 0 Å². The predicted octanol–water partition coefficient (Wildman–Crippen LogP) is 1.83. The number of piperazine rings is 1. The largest absolute Gasteiger partial charge is 0.301 e. The summed E-state index contributed by atoms with van der Waals surface area (Å²) in [6, 6.07) is 3.25. The van der Waals surface area contributed by atoms with E-state index in [2.05, 4.69) is 28.1 Å². The number of unbranched alkanes of at least 4 members (excludes halogenated alkanes) is 1. The zero-order valence-corrected chi connectivity index (χ0v) is 13.2. The maximum Gasteiger partial charge on any atom is 0.103 e. The van der Waals surface area contributed by atoms with Crippen LogP contribution in [0.2, 0.25) is 0 Å². The third-order valence-corrected chi connectivity index (χ3v) is 4.89. The second-order valence-electron chi connectivity index (χ2n) is 6.56. The molecule has 2 aliphatic heterocycles. The third kappa shape index (κ3) is 4.18. The summed E-state index contributed by atoms with van der Waals surface area (Å²) in [6.45, 7) is 11.2. The molecule has 0 spiro atoms. The molecule has 2 atom stereocenters. The lowest BCUT2D eigenvalue weighted by atomic mass is 9.96. The summed E-state index contributed by atoms with van der Waals surface area (Å²) in [5.41, 5.74) is -0.334. The Kier molecular flexibility index (Phi) is 5.83.